The molecule has 30 heavy (non-hydrogen) atoms. The third kappa shape index (κ3) is 4.25. The average Bonchev–Trinajstić information content (AvgIpc) is 2.77. The molecule has 3 aromatic rings. The summed E-state index contributed by atoms with van der Waals surface area (Å²) in [5.41, 5.74) is 2.29. The maximum Gasteiger partial charge on any atom is 0.227 e. The number of rotatable bonds is 5. The van der Waals surface area contributed by atoms with Crippen LogP contribution < -0.4 is 15.0 Å². The summed E-state index contributed by atoms with van der Waals surface area (Å²) < 4.78 is 5.21. The highest BCUT2D eigenvalue weighted by Crippen LogP contribution is 2.28. The van der Waals surface area contributed by atoms with Crippen LogP contribution in [0, 0.1) is 11.3 Å². The second-order valence-corrected chi connectivity index (χ2v) is 7.66. The van der Waals surface area contributed by atoms with E-state index in [1.165, 1.54) is 0 Å². The van der Waals surface area contributed by atoms with Crippen molar-refractivity contribution in [2.24, 2.45) is 0 Å². The van der Waals surface area contributed by atoms with Crippen LogP contribution in [0.3, 0.4) is 0 Å². The summed E-state index contributed by atoms with van der Waals surface area (Å²) in [7, 11) is 1.58. The maximum atomic E-state index is 9.80. The number of piperidine rings is 1. The summed E-state index contributed by atoms with van der Waals surface area (Å²) in [5, 5.41) is 23.8. The van der Waals surface area contributed by atoms with Crippen LogP contribution in [0.4, 0.5) is 11.8 Å². The van der Waals surface area contributed by atoms with Gasteiger partial charge in [-0.25, -0.2) is 4.98 Å². The lowest BCUT2D eigenvalue weighted by Gasteiger charge is -2.30. The number of nitrogens with zero attached hydrogens (tertiary/aromatic N) is 4. The van der Waals surface area contributed by atoms with Crippen LogP contribution in [-0.4, -0.2) is 41.4 Å². The molecule has 4 rings (SSSR count). The van der Waals surface area contributed by atoms with E-state index in [2.05, 4.69) is 16.3 Å². The van der Waals surface area contributed by atoms with Crippen molar-refractivity contribution in [3.63, 3.8) is 0 Å². The Bertz CT molecular complexity index is 1110. The summed E-state index contributed by atoms with van der Waals surface area (Å²) in [6.45, 7) is 1.91. The molecule has 1 aliphatic rings. The fourth-order valence-electron chi connectivity index (χ4n) is 3.53. The first-order chi connectivity index (χ1) is 14.6. The monoisotopic (exact) mass is 423 g/mol. The van der Waals surface area contributed by atoms with Gasteiger partial charge in [0.2, 0.25) is 5.95 Å². The Labute approximate surface area is 179 Å². The molecule has 2 aromatic carbocycles. The van der Waals surface area contributed by atoms with Crippen molar-refractivity contribution in [3.8, 4) is 11.8 Å². The SMILES string of the molecule is COc1ccc(CNc2nc(N3CCC(O)CC3)nc3ccc(C#N)cc23)cc1Cl. The number of nitriles is 1. The van der Waals surface area contributed by atoms with Gasteiger partial charge in [0, 0.05) is 25.0 Å². The molecule has 0 saturated carbocycles. The Kier molecular flexibility index (Phi) is 5.88. The molecule has 0 atom stereocenters. The summed E-state index contributed by atoms with van der Waals surface area (Å²) in [6.07, 6.45) is 1.13. The van der Waals surface area contributed by atoms with Gasteiger partial charge in [0.15, 0.2) is 0 Å². The first-order valence-corrected chi connectivity index (χ1v) is 10.2. The molecule has 2 N–H and O–H groups in total. The summed E-state index contributed by atoms with van der Waals surface area (Å²) in [6, 6.07) is 13.2. The molecule has 0 unspecified atom stereocenters. The molecule has 0 radical (unpaired) electrons. The molecule has 0 amide bonds. The van der Waals surface area contributed by atoms with Crippen LogP contribution in [0.2, 0.25) is 5.02 Å². The third-order valence-electron chi connectivity index (χ3n) is 5.24. The number of nitrogens with one attached hydrogen (secondary N) is 1. The number of aliphatic hydroxyl groups excluding tert-OH is 1. The smallest absolute Gasteiger partial charge is 0.227 e. The van der Waals surface area contributed by atoms with Gasteiger partial charge in [-0.15, -0.1) is 0 Å². The van der Waals surface area contributed by atoms with E-state index < -0.39 is 0 Å². The minimum Gasteiger partial charge on any atom is -0.495 e. The molecule has 8 heteroatoms. The van der Waals surface area contributed by atoms with E-state index in [9.17, 15) is 10.4 Å². The van der Waals surface area contributed by atoms with E-state index in [1.54, 1.807) is 19.2 Å². The Morgan fingerprint density at radius 1 is 1.23 bits per heavy atom. The largest absolute Gasteiger partial charge is 0.495 e. The Balaban J connectivity index is 1.67. The zero-order chi connectivity index (χ0) is 21.1. The Morgan fingerprint density at radius 3 is 2.73 bits per heavy atom. The predicted molar refractivity (Wildman–Crippen MR) is 117 cm³/mol. The van der Waals surface area contributed by atoms with Gasteiger partial charge in [0.25, 0.3) is 0 Å². The van der Waals surface area contributed by atoms with Crippen LogP contribution in [0.1, 0.15) is 24.0 Å². The van der Waals surface area contributed by atoms with E-state index in [4.69, 9.17) is 26.3 Å². The van der Waals surface area contributed by atoms with Crippen molar-refractivity contribution in [3.05, 3.63) is 52.5 Å². The lowest BCUT2D eigenvalue weighted by Crippen LogP contribution is -2.37. The number of fused-ring (bicyclic) bond motifs is 1. The number of anilines is 2. The minimum atomic E-state index is -0.266. The number of hydrogen-bond donors (Lipinski definition) is 2. The van der Waals surface area contributed by atoms with E-state index in [0.29, 0.717) is 60.6 Å². The van der Waals surface area contributed by atoms with E-state index in [-0.39, 0.29) is 6.10 Å². The van der Waals surface area contributed by atoms with Gasteiger partial charge < -0.3 is 20.1 Å². The molecule has 0 bridgehead atoms. The molecule has 0 aliphatic carbocycles. The van der Waals surface area contributed by atoms with Crippen molar-refractivity contribution >= 4 is 34.3 Å². The van der Waals surface area contributed by atoms with Crippen LogP contribution >= 0.6 is 11.6 Å². The van der Waals surface area contributed by atoms with Gasteiger partial charge in [-0.1, -0.05) is 17.7 Å². The second kappa shape index (κ2) is 8.74. The van der Waals surface area contributed by atoms with Crippen molar-refractivity contribution < 1.29 is 9.84 Å². The molecule has 154 valence electrons. The lowest BCUT2D eigenvalue weighted by atomic mass is 10.1. The predicted octanol–water partition coefficient (Wildman–Crippen LogP) is 3.74. The Morgan fingerprint density at radius 2 is 2.03 bits per heavy atom. The van der Waals surface area contributed by atoms with E-state index in [1.807, 2.05) is 24.3 Å². The third-order valence-corrected chi connectivity index (χ3v) is 5.53. The van der Waals surface area contributed by atoms with Gasteiger partial charge in [-0.2, -0.15) is 10.2 Å². The molecular formula is C22H22ClN5O2. The highest BCUT2D eigenvalue weighted by atomic mass is 35.5. The highest BCUT2D eigenvalue weighted by Gasteiger charge is 2.20. The Hall–Kier alpha value is -3.08. The number of hydrogen-bond acceptors (Lipinski definition) is 7. The average molecular weight is 424 g/mol. The molecule has 1 fully saturated rings. The quantitative estimate of drug-likeness (QED) is 0.645. The number of aromatic nitrogens is 2. The van der Waals surface area contributed by atoms with Crippen molar-refractivity contribution in [2.45, 2.75) is 25.5 Å². The molecular weight excluding hydrogens is 402 g/mol. The molecule has 1 aromatic heterocycles. The zero-order valence-corrected chi connectivity index (χ0v) is 17.4. The summed E-state index contributed by atoms with van der Waals surface area (Å²) >= 11 is 6.24. The fraction of sp³-hybridized carbons (Fsp3) is 0.318. The van der Waals surface area contributed by atoms with E-state index in [0.717, 1.165) is 16.5 Å². The number of benzene rings is 2. The van der Waals surface area contributed by atoms with Gasteiger partial charge >= 0.3 is 0 Å². The topological polar surface area (TPSA) is 94.3 Å². The van der Waals surface area contributed by atoms with Crippen LogP contribution in [-0.2, 0) is 6.54 Å². The maximum absolute atomic E-state index is 9.80. The van der Waals surface area contributed by atoms with E-state index >= 15 is 0 Å². The number of methoxy groups -OCH3 is 1. The van der Waals surface area contributed by atoms with Gasteiger partial charge in [0.1, 0.15) is 11.6 Å². The zero-order valence-electron chi connectivity index (χ0n) is 16.6. The minimum absolute atomic E-state index is 0.266. The molecule has 7 nitrogen and oxygen atoms in total. The number of ether oxygens (including phenoxy) is 1. The highest BCUT2D eigenvalue weighted by molar-refractivity contribution is 6.32. The van der Waals surface area contributed by atoms with Gasteiger partial charge in [-0.05, 0) is 48.7 Å². The molecule has 1 saturated heterocycles. The summed E-state index contributed by atoms with van der Waals surface area (Å²) in [5.74, 6) is 1.90. The van der Waals surface area contributed by atoms with Crippen LogP contribution in [0.15, 0.2) is 36.4 Å². The van der Waals surface area contributed by atoms with Crippen molar-refractivity contribution in [2.75, 3.05) is 30.4 Å². The first kappa shape index (κ1) is 20.2. The van der Waals surface area contributed by atoms with Crippen molar-refractivity contribution in [1.29, 1.82) is 5.26 Å². The molecule has 2 heterocycles. The van der Waals surface area contributed by atoms with Crippen LogP contribution in [0.25, 0.3) is 10.9 Å². The number of halogens is 1. The number of aliphatic hydroxyl groups is 1. The van der Waals surface area contributed by atoms with Crippen LogP contribution in [0.5, 0.6) is 5.75 Å². The normalized spacial score (nSPS) is 14.5. The van der Waals surface area contributed by atoms with Crippen molar-refractivity contribution in [1.82, 2.24) is 9.97 Å². The lowest BCUT2D eigenvalue weighted by molar-refractivity contribution is 0.145. The first-order valence-electron chi connectivity index (χ1n) is 9.78. The molecule has 0 spiro atoms. The van der Waals surface area contributed by atoms with Gasteiger partial charge in [-0.3, -0.25) is 0 Å². The summed E-state index contributed by atoms with van der Waals surface area (Å²) in [4.78, 5) is 11.5. The standard InChI is InChI=1S/C22H22ClN5O2/c1-30-20-5-3-15(11-18(20)23)13-25-21-17-10-14(12-24)2-4-19(17)26-22(27-21)28-8-6-16(29)7-9-28/h2-5,10-11,16,29H,6-9,13H2,1H3,(H,25,26,27). The fourth-order valence-corrected chi connectivity index (χ4v) is 3.81. The molecule has 1 aliphatic heterocycles. The van der Waals surface area contributed by atoms with Gasteiger partial charge in [0.05, 0.1) is 35.4 Å². The second-order valence-electron chi connectivity index (χ2n) is 7.26.